The van der Waals surface area contributed by atoms with Crippen LogP contribution in [0, 0.1) is 0 Å². The Hall–Kier alpha value is -1.39. The number of aliphatic hydroxyl groups is 1. The van der Waals surface area contributed by atoms with Gasteiger partial charge in [0, 0.05) is 18.0 Å². The molecule has 5 heteroatoms. The topological polar surface area (TPSA) is 50.9 Å². The normalized spacial score (nSPS) is 19.1. The number of imidazole rings is 1. The molecule has 0 aromatic carbocycles. The van der Waals surface area contributed by atoms with Gasteiger partial charge in [0.25, 0.3) is 0 Å². The van der Waals surface area contributed by atoms with Gasteiger partial charge in [-0.2, -0.15) is 0 Å². The molecule has 1 aliphatic rings. The minimum Gasteiger partial charge on any atom is -0.391 e. The number of hydrogen-bond donors (Lipinski definition) is 1. The van der Waals surface area contributed by atoms with Crippen molar-refractivity contribution in [3.63, 3.8) is 0 Å². The average Bonchev–Trinajstić information content (AvgIpc) is 2.67. The highest BCUT2D eigenvalue weighted by atomic mass is 35.5. The van der Waals surface area contributed by atoms with Gasteiger partial charge in [0.2, 0.25) is 0 Å². The van der Waals surface area contributed by atoms with Gasteiger partial charge >= 0.3 is 0 Å². The van der Waals surface area contributed by atoms with Crippen LogP contribution in [0.25, 0.3) is 11.4 Å². The molecule has 1 atom stereocenters. The summed E-state index contributed by atoms with van der Waals surface area (Å²) in [5, 5.41) is 10.3. The van der Waals surface area contributed by atoms with Crippen molar-refractivity contribution in [2.75, 3.05) is 0 Å². The molecule has 0 saturated carbocycles. The van der Waals surface area contributed by atoms with Gasteiger partial charge in [-0.25, -0.2) is 4.98 Å². The molecule has 1 aliphatic heterocycles. The summed E-state index contributed by atoms with van der Waals surface area (Å²) >= 11 is 6.13. The largest absolute Gasteiger partial charge is 0.391 e. The fraction of sp³-hybridized carbons (Fsp3) is 0.333. The van der Waals surface area contributed by atoms with E-state index in [1.54, 1.807) is 12.4 Å². The summed E-state index contributed by atoms with van der Waals surface area (Å²) in [6.45, 7) is 0.555. The fourth-order valence-electron chi connectivity index (χ4n) is 2.21. The summed E-state index contributed by atoms with van der Waals surface area (Å²) in [6.07, 6.45) is 4.68. The average molecular weight is 250 g/mol. The van der Waals surface area contributed by atoms with Crippen LogP contribution >= 0.6 is 11.6 Å². The zero-order valence-corrected chi connectivity index (χ0v) is 9.93. The summed E-state index contributed by atoms with van der Waals surface area (Å²) in [5.74, 6) is 0.789. The molecule has 2 aromatic heterocycles. The molecule has 0 aliphatic carbocycles. The molecule has 1 N–H and O–H groups in total. The van der Waals surface area contributed by atoms with Crippen molar-refractivity contribution in [1.29, 1.82) is 0 Å². The van der Waals surface area contributed by atoms with E-state index in [0.29, 0.717) is 11.7 Å². The number of aliphatic hydroxyl groups excluding tert-OH is 1. The standard InChI is InChI=1S/C12H12ClN3O/c13-11-10-4-3-9(17)7-16(10)12(15-11)8-2-1-5-14-6-8/h1-2,5-6,9,17H,3-4,7H2. The van der Waals surface area contributed by atoms with Crippen molar-refractivity contribution in [2.45, 2.75) is 25.5 Å². The third-order valence-corrected chi connectivity index (χ3v) is 3.35. The second-order valence-electron chi connectivity index (χ2n) is 4.22. The van der Waals surface area contributed by atoms with Crippen molar-refractivity contribution < 1.29 is 5.11 Å². The summed E-state index contributed by atoms with van der Waals surface area (Å²) in [6, 6.07) is 3.81. The van der Waals surface area contributed by atoms with Gasteiger partial charge in [-0.3, -0.25) is 4.98 Å². The Kier molecular flexibility index (Phi) is 2.61. The Morgan fingerprint density at radius 1 is 1.47 bits per heavy atom. The predicted octanol–water partition coefficient (Wildman–Crippen LogP) is 1.91. The van der Waals surface area contributed by atoms with Crippen LogP contribution in [0.3, 0.4) is 0 Å². The molecule has 0 saturated heterocycles. The van der Waals surface area contributed by atoms with E-state index in [1.165, 1.54) is 0 Å². The first-order valence-electron chi connectivity index (χ1n) is 5.59. The maximum atomic E-state index is 9.73. The lowest BCUT2D eigenvalue weighted by Crippen LogP contribution is -2.24. The first kappa shape index (κ1) is 10.7. The third kappa shape index (κ3) is 1.83. The molecule has 88 valence electrons. The second-order valence-corrected chi connectivity index (χ2v) is 4.58. The van der Waals surface area contributed by atoms with Crippen LogP contribution in [-0.4, -0.2) is 25.7 Å². The van der Waals surface area contributed by atoms with Crippen molar-refractivity contribution >= 4 is 11.6 Å². The van der Waals surface area contributed by atoms with Crippen LogP contribution in [0.15, 0.2) is 24.5 Å². The first-order chi connectivity index (χ1) is 8.25. The highest BCUT2D eigenvalue weighted by Crippen LogP contribution is 2.29. The number of hydrogen-bond acceptors (Lipinski definition) is 3. The Morgan fingerprint density at radius 2 is 2.35 bits per heavy atom. The second kappa shape index (κ2) is 4.13. The molecule has 0 spiro atoms. The first-order valence-corrected chi connectivity index (χ1v) is 5.97. The van der Waals surface area contributed by atoms with E-state index in [4.69, 9.17) is 11.6 Å². The molecule has 0 bridgehead atoms. The van der Waals surface area contributed by atoms with Gasteiger partial charge in [-0.15, -0.1) is 0 Å². The summed E-state index contributed by atoms with van der Waals surface area (Å²) < 4.78 is 1.99. The molecular weight excluding hydrogens is 238 g/mol. The van der Waals surface area contributed by atoms with Gasteiger partial charge < -0.3 is 9.67 Å². The Labute approximate surface area is 104 Å². The number of halogens is 1. The van der Waals surface area contributed by atoms with Crippen LogP contribution in [0.5, 0.6) is 0 Å². The number of rotatable bonds is 1. The quantitative estimate of drug-likeness (QED) is 0.840. The molecule has 0 radical (unpaired) electrons. The van der Waals surface area contributed by atoms with Crippen LogP contribution in [-0.2, 0) is 13.0 Å². The zero-order chi connectivity index (χ0) is 11.8. The number of fused-ring (bicyclic) bond motifs is 1. The molecule has 3 rings (SSSR count). The Morgan fingerprint density at radius 3 is 3.12 bits per heavy atom. The maximum absolute atomic E-state index is 9.73. The molecule has 1 unspecified atom stereocenters. The Balaban J connectivity index is 2.13. The highest BCUT2D eigenvalue weighted by Gasteiger charge is 2.23. The van der Waals surface area contributed by atoms with E-state index in [9.17, 15) is 5.11 Å². The number of nitrogens with zero attached hydrogens (tertiary/aromatic N) is 3. The predicted molar refractivity (Wildman–Crippen MR) is 64.8 cm³/mol. The van der Waals surface area contributed by atoms with E-state index in [0.717, 1.165) is 29.9 Å². The Bertz CT molecular complexity index is 538. The summed E-state index contributed by atoms with van der Waals surface area (Å²) in [7, 11) is 0. The van der Waals surface area contributed by atoms with Gasteiger partial charge in [0.1, 0.15) is 5.82 Å². The lowest BCUT2D eigenvalue weighted by molar-refractivity contribution is 0.132. The van der Waals surface area contributed by atoms with Crippen LogP contribution < -0.4 is 0 Å². The van der Waals surface area contributed by atoms with Crippen molar-refractivity contribution in [3.05, 3.63) is 35.4 Å². The van der Waals surface area contributed by atoms with E-state index in [1.807, 2.05) is 16.7 Å². The summed E-state index contributed by atoms with van der Waals surface area (Å²) in [4.78, 5) is 8.45. The van der Waals surface area contributed by atoms with Crippen LogP contribution in [0.4, 0.5) is 0 Å². The smallest absolute Gasteiger partial charge is 0.150 e. The van der Waals surface area contributed by atoms with E-state index < -0.39 is 0 Å². The molecule has 17 heavy (non-hydrogen) atoms. The van der Waals surface area contributed by atoms with E-state index >= 15 is 0 Å². The zero-order valence-electron chi connectivity index (χ0n) is 9.17. The third-order valence-electron chi connectivity index (χ3n) is 3.05. The fourth-order valence-corrected chi connectivity index (χ4v) is 2.49. The van der Waals surface area contributed by atoms with E-state index in [2.05, 4.69) is 9.97 Å². The minimum absolute atomic E-state index is 0.316. The minimum atomic E-state index is -0.316. The number of pyridine rings is 1. The molecule has 0 amide bonds. The molecule has 2 aromatic rings. The van der Waals surface area contributed by atoms with Crippen LogP contribution in [0.1, 0.15) is 12.1 Å². The lowest BCUT2D eigenvalue weighted by Gasteiger charge is -2.21. The monoisotopic (exact) mass is 249 g/mol. The molecular formula is C12H12ClN3O. The highest BCUT2D eigenvalue weighted by molar-refractivity contribution is 6.30. The SMILES string of the molecule is OC1CCc2c(Cl)nc(-c3cccnc3)n2C1. The van der Waals surface area contributed by atoms with Crippen molar-refractivity contribution in [1.82, 2.24) is 14.5 Å². The van der Waals surface area contributed by atoms with Gasteiger partial charge in [0.15, 0.2) is 5.15 Å². The molecule has 4 nitrogen and oxygen atoms in total. The summed E-state index contributed by atoms with van der Waals surface area (Å²) in [5.41, 5.74) is 1.94. The van der Waals surface area contributed by atoms with Gasteiger partial charge in [-0.1, -0.05) is 11.6 Å². The van der Waals surface area contributed by atoms with Gasteiger partial charge in [0.05, 0.1) is 18.3 Å². The van der Waals surface area contributed by atoms with Crippen LogP contribution in [0.2, 0.25) is 5.15 Å². The number of aromatic nitrogens is 3. The van der Waals surface area contributed by atoms with Gasteiger partial charge in [-0.05, 0) is 25.0 Å². The molecule has 0 fully saturated rings. The van der Waals surface area contributed by atoms with Crippen molar-refractivity contribution in [2.24, 2.45) is 0 Å². The van der Waals surface area contributed by atoms with Crippen molar-refractivity contribution in [3.8, 4) is 11.4 Å². The van der Waals surface area contributed by atoms with E-state index in [-0.39, 0.29) is 6.10 Å². The molecule has 3 heterocycles. The maximum Gasteiger partial charge on any atom is 0.150 e. The lowest BCUT2D eigenvalue weighted by atomic mass is 10.1.